The number of ketones is 1. The van der Waals surface area contributed by atoms with E-state index in [9.17, 15) is 4.79 Å². The molecule has 0 radical (unpaired) electrons. The van der Waals surface area contributed by atoms with Gasteiger partial charge in [-0.25, -0.2) is 4.98 Å². The molecule has 2 rings (SSSR count). The van der Waals surface area contributed by atoms with Gasteiger partial charge in [0.1, 0.15) is 5.82 Å². The summed E-state index contributed by atoms with van der Waals surface area (Å²) < 4.78 is 0. The zero-order valence-electron chi connectivity index (χ0n) is 13.4. The standard InChI is InChI=1S/C17H28N4O/c1-12(14-7-9-20-10-8-14)17(22)15(18)4-2-3-13-5-6-16(19)21-11-13/h5-6,11-12,14-15,20H,2-4,7-10,18H2,1H3,(H2,19,21). The van der Waals surface area contributed by atoms with Gasteiger partial charge in [0.25, 0.3) is 0 Å². The fraction of sp³-hybridized carbons (Fsp3) is 0.647. The van der Waals surface area contributed by atoms with Crippen LogP contribution in [0.3, 0.4) is 0 Å². The Bertz CT molecular complexity index is 468. The van der Waals surface area contributed by atoms with Crippen molar-refractivity contribution in [3.05, 3.63) is 23.9 Å². The molecule has 0 spiro atoms. The molecule has 1 aromatic heterocycles. The number of aromatic nitrogens is 1. The third kappa shape index (κ3) is 4.78. The lowest BCUT2D eigenvalue weighted by Crippen LogP contribution is -2.40. The molecule has 0 aliphatic carbocycles. The summed E-state index contributed by atoms with van der Waals surface area (Å²) in [5.74, 6) is 1.32. The van der Waals surface area contributed by atoms with Gasteiger partial charge in [0, 0.05) is 12.1 Å². The van der Waals surface area contributed by atoms with E-state index in [2.05, 4.69) is 10.3 Å². The zero-order valence-corrected chi connectivity index (χ0v) is 13.4. The number of aryl methyl sites for hydroxylation is 1. The molecule has 22 heavy (non-hydrogen) atoms. The van der Waals surface area contributed by atoms with Crippen molar-refractivity contribution >= 4 is 11.6 Å². The lowest BCUT2D eigenvalue weighted by atomic mass is 9.81. The Morgan fingerprint density at radius 2 is 2.14 bits per heavy atom. The van der Waals surface area contributed by atoms with Gasteiger partial charge in [-0.2, -0.15) is 0 Å². The molecule has 0 amide bonds. The van der Waals surface area contributed by atoms with Crippen molar-refractivity contribution in [1.29, 1.82) is 0 Å². The number of pyridine rings is 1. The molecule has 5 nitrogen and oxygen atoms in total. The molecule has 1 aliphatic heterocycles. The van der Waals surface area contributed by atoms with E-state index in [4.69, 9.17) is 11.5 Å². The van der Waals surface area contributed by atoms with Crippen LogP contribution in [0.1, 0.15) is 38.2 Å². The fourth-order valence-corrected chi connectivity index (χ4v) is 3.17. The summed E-state index contributed by atoms with van der Waals surface area (Å²) in [5, 5.41) is 3.34. The Morgan fingerprint density at radius 3 is 2.77 bits per heavy atom. The molecule has 1 saturated heterocycles. The highest BCUT2D eigenvalue weighted by Gasteiger charge is 2.28. The molecule has 2 atom stereocenters. The highest BCUT2D eigenvalue weighted by atomic mass is 16.1. The first-order valence-electron chi connectivity index (χ1n) is 8.28. The summed E-state index contributed by atoms with van der Waals surface area (Å²) in [5.41, 5.74) is 12.8. The van der Waals surface area contributed by atoms with Gasteiger partial charge < -0.3 is 16.8 Å². The largest absolute Gasteiger partial charge is 0.384 e. The van der Waals surface area contributed by atoms with Gasteiger partial charge in [-0.3, -0.25) is 4.79 Å². The molecule has 5 N–H and O–H groups in total. The minimum atomic E-state index is -0.341. The predicted octanol–water partition coefficient (Wildman–Crippen LogP) is 1.52. The maximum atomic E-state index is 12.5. The average Bonchev–Trinajstić information content (AvgIpc) is 2.56. The Labute approximate surface area is 132 Å². The first kappa shape index (κ1) is 16.9. The quantitative estimate of drug-likeness (QED) is 0.710. The number of nitrogen functional groups attached to an aromatic ring is 1. The second kappa shape index (κ2) is 8.25. The summed E-state index contributed by atoms with van der Waals surface area (Å²) in [6.07, 6.45) is 6.47. The Kier molecular flexibility index (Phi) is 6.34. The molecular weight excluding hydrogens is 276 g/mol. The Morgan fingerprint density at radius 1 is 1.41 bits per heavy atom. The minimum Gasteiger partial charge on any atom is -0.384 e. The second-order valence-corrected chi connectivity index (χ2v) is 6.37. The van der Waals surface area contributed by atoms with Gasteiger partial charge >= 0.3 is 0 Å². The van der Waals surface area contributed by atoms with Gasteiger partial charge in [0.05, 0.1) is 6.04 Å². The summed E-state index contributed by atoms with van der Waals surface area (Å²) >= 11 is 0. The highest BCUT2D eigenvalue weighted by molar-refractivity contribution is 5.86. The van der Waals surface area contributed by atoms with Crippen LogP contribution in [0.2, 0.25) is 0 Å². The van der Waals surface area contributed by atoms with Crippen LogP contribution in [-0.4, -0.2) is 29.9 Å². The van der Waals surface area contributed by atoms with E-state index >= 15 is 0 Å². The van der Waals surface area contributed by atoms with Gasteiger partial charge in [-0.15, -0.1) is 0 Å². The van der Waals surface area contributed by atoms with Crippen LogP contribution in [0.4, 0.5) is 5.82 Å². The van der Waals surface area contributed by atoms with E-state index in [1.807, 2.05) is 13.0 Å². The first-order valence-corrected chi connectivity index (χ1v) is 8.28. The van der Waals surface area contributed by atoms with Crippen molar-refractivity contribution < 1.29 is 4.79 Å². The van der Waals surface area contributed by atoms with Gasteiger partial charge in [0.15, 0.2) is 5.78 Å². The topological polar surface area (TPSA) is 94.0 Å². The monoisotopic (exact) mass is 304 g/mol. The van der Waals surface area contributed by atoms with Crippen LogP contribution in [0.15, 0.2) is 18.3 Å². The molecule has 5 heteroatoms. The van der Waals surface area contributed by atoms with E-state index in [1.165, 1.54) is 0 Å². The van der Waals surface area contributed by atoms with E-state index in [0.29, 0.717) is 11.7 Å². The van der Waals surface area contributed by atoms with Crippen LogP contribution in [-0.2, 0) is 11.2 Å². The number of hydrogen-bond acceptors (Lipinski definition) is 5. The molecule has 0 bridgehead atoms. The molecular formula is C17H28N4O. The number of rotatable bonds is 7. The average molecular weight is 304 g/mol. The van der Waals surface area contributed by atoms with Crippen LogP contribution in [0, 0.1) is 11.8 Å². The summed E-state index contributed by atoms with van der Waals surface area (Å²) in [4.78, 5) is 16.5. The van der Waals surface area contributed by atoms with Crippen LogP contribution in [0.25, 0.3) is 0 Å². The number of nitrogens with zero attached hydrogens (tertiary/aromatic N) is 1. The van der Waals surface area contributed by atoms with Crippen LogP contribution in [0.5, 0.6) is 0 Å². The third-order valence-electron chi connectivity index (χ3n) is 4.73. The van der Waals surface area contributed by atoms with Gasteiger partial charge in [-0.05, 0) is 62.7 Å². The Hall–Kier alpha value is -1.46. The summed E-state index contributed by atoms with van der Waals surface area (Å²) in [6, 6.07) is 3.44. The second-order valence-electron chi connectivity index (χ2n) is 6.37. The number of nitrogens with one attached hydrogen (secondary N) is 1. The van der Waals surface area contributed by atoms with Crippen LogP contribution < -0.4 is 16.8 Å². The maximum Gasteiger partial charge on any atom is 0.152 e. The minimum absolute atomic E-state index is 0.0790. The predicted molar refractivity (Wildman–Crippen MR) is 89.3 cm³/mol. The molecule has 1 aromatic rings. The van der Waals surface area contributed by atoms with Crippen molar-refractivity contribution in [2.24, 2.45) is 17.6 Å². The summed E-state index contributed by atoms with van der Waals surface area (Å²) in [6.45, 7) is 4.07. The van der Waals surface area contributed by atoms with E-state index < -0.39 is 0 Å². The Balaban J connectivity index is 1.74. The first-order chi connectivity index (χ1) is 10.6. The number of hydrogen-bond donors (Lipinski definition) is 3. The number of carbonyl (C=O) groups excluding carboxylic acids is 1. The smallest absolute Gasteiger partial charge is 0.152 e. The maximum absolute atomic E-state index is 12.5. The summed E-state index contributed by atoms with van der Waals surface area (Å²) in [7, 11) is 0. The van der Waals surface area contributed by atoms with E-state index in [1.54, 1.807) is 12.3 Å². The molecule has 0 aromatic carbocycles. The third-order valence-corrected chi connectivity index (χ3v) is 4.73. The van der Waals surface area contributed by atoms with Crippen molar-refractivity contribution in [3.63, 3.8) is 0 Å². The number of piperidine rings is 1. The van der Waals surface area contributed by atoms with E-state index in [0.717, 1.165) is 50.8 Å². The molecule has 122 valence electrons. The number of Topliss-reactive ketones (excluding diaryl/α,β-unsaturated/α-hetero) is 1. The SMILES string of the molecule is CC(C(=O)C(N)CCCc1ccc(N)nc1)C1CCNCC1. The highest BCUT2D eigenvalue weighted by Crippen LogP contribution is 2.24. The van der Waals surface area contributed by atoms with Gasteiger partial charge in [0.2, 0.25) is 0 Å². The van der Waals surface area contributed by atoms with Crippen LogP contribution >= 0.6 is 0 Å². The lowest BCUT2D eigenvalue weighted by molar-refractivity contribution is -0.125. The molecule has 0 saturated carbocycles. The van der Waals surface area contributed by atoms with Crippen molar-refractivity contribution in [2.75, 3.05) is 18.8 Å². The van der Waals surface area contributed by atoms with Gasteiger partial charge in [-0.1, -0.05) is 13.0 Å². The molecule has 1 fully saturated rings. The van der Waals surface area contributed by atoms with Crippen molar-refractivity contribution in [1.82, 2.24) is 10.3 Å². The lowest BCUT2D eigenvalue weighted by Gasteiger charge is -2.28. The van der Waals surface area contributed by atoms with Crippen molar-refractivity contribution in [2.45, 2.75) is 45.1 Å². The fourth-order valence-electron chi connectivity index (χ4n) is 3.17. The van der Waals surface area contributed by atoms with E-state index in [-0.39, 0.29) is 17.7 Å². The molecule has 2 unspecified atom stereocenters. The molecule has 1 aliphatic rings. The number of anilines is 1. The molecule has 2 heterocycles. The van der Waals surface area contributed by atoms with Crippen molar-refractivity contribution in [3.8, 4) is 0 Å². The zero-order chi connectivity index (χ0) is 15.9. The number of nitrogens with two attached hydrogens (primary N) is 2. The number of carbonyl (C=O) groups is 1. The normalized spacial score (nSPS) is 18.8.